The fourth-order valence-electron chi connectivity index (χ4n) is 3.43. The zero-order valence-electron chi connectivity index (χ0n) is 18.7. The van der Waals surface area contributed by atoms with Crippen LogP contribution in [0.4, 0.5) is 4.39 Å². The van der Waals surface area contributed by atoms with E-state index in [2.05, 4.69) is 0 Å². The number of nitrogens with zero attached hydrogens (tertiary/aromatic N) is 1. The third-order valence-corrected chi connectivity index (χ3v) is 6.15. The van der Waals surface area contributed by atoms with Gasteiger partial charge in [0.05, 0.1) is 10.8 Å². The summed E-state index contributed by atoms with van der Waals surface area (Å²) < 4.78 is 50.2. The molecule has 0 bridgehead atoms. The average molecular weight is 512 g/mol. The summed E-state index contributed by atoms with van der Waals surface area (Å²) in [6.45, 7) is 3.26. The Kier molecular flexibility index (Phi) is 7.96. The molecule has 2 heterocycles. The molecular weight excluding hydrogens is 491 g/mol. The first-order valence-corrected chi connectivity index (χ1v) is 11.3. The molecule has 1 aromatic carbocycles. The summed E-state index contributed by atoms with van der Waals surface area (Å²) in [4.78, 5) is 60.3. The van der Waals surface area contributed by atoms with Gasteiger partial charge in [0.1, 0.15) is 11.9 Å². The summed E-state index contributed by atoms with van der Waals surface area (Å²) in [6.07, 6.45) is -5.31. The fraction of sp³-hybridized carbons (Fsp3) is 0.381. The summed E-state index contributed by atoms with van der Waals surface area (Å²) in [6, 6.07) is 6.14. The molecular formula is C21H21FN2O10S. The number of halogens is 1. The van der Waals surface area contributed by atoms with Crippen molar-refractivity contribution in [3.05, 3.63) is 57.4 Å². The summed E-state index contributed by atoms with van der Waals surface area (Å²) in [5, 5.41) is 0. The SMILES string of the molecule is CC(=O)Oc1ccc(S(=O)C(F)[C@H]2O[C@@H](n3ccc(=O)[nH]c3=O)[C@H](OC(C)=O)[C@@H]2OC(C)=O)cc1. The molecule has 0 radical (unpaired) electrons. The Hall–Kier alpha value is -3.65. The number of carbonyl (C=O) groups excluding carboxylic acids is 3. The van der Waals surface area contributed by atoms with Gasteiger partial charge in [-0.3, -0.25) is 32.9 Å². The maximum Gasteiger partial charge on any atom is 0.330 e. The van der Waals surface area contributed by atoms with Crippen molar-refractivity contribution in [2.75, 3.05) is 0 Å². The Morgan fingerprint density at radius 2 is 1.60 bits per heavy atom. The van der Waals surface area contributed by atoms with Crippen LogP contribution in [-0.4, -0.2) is 55.5 Å². The number of alkyl halides is 1. The van der Waals surface area contributed by atoms with E-state index in [4.69, 9.17) is 18.9 Å². The molecule has 3 rings (SSSR count). The van der Waals surface area contributed by atoms with Crippen LogP contribution in [0.5, 0.6) is 5.75 Å². The van der Waals surface area contributed by atoms with Gasteiger partial charge in [-0.05, 0) is 24.3 Å². The maximum atomic E-state index is 15.6. The number of esters is 3. The minimum Gasteiger partial charge on any atom is -0.455 e. The molecule has 35 heavy (non-hydrogen) atoms. The minimum atomic E-state index is -2.39. The van der Waals surface area contributed by atoms with Crippen LogP contribution >= 0.6 is 0 Å². The van der Waals surface area contributed by atoms with E-state index in [0.29, 0.717) is 0 Å². The lowest BCUT2D eigenvalue weighted by atomic mass is 10.1. The van der Waals surface area contributed by atoms with Crippen LogP contribution in [0.25, 0.3) is 0 Å². The van der Waals surface area contributed by atoms with Gasteiger partial charge in [0.2, 0.25) is 5.50 Å². The standard InChI is InChI=1S/C21H21FN2O10S/c1-10(25)31-13-4-6-14(7-5-13)35(30)19(22)17-16(32-11(2)26)18(33-12(3)27)20(34-17)24-9-8-15(28)23-21(24)29/h4-9,16-20H,1-3H3,(H,23,28,29)/t16-,17+,18-,19?,20-,35?/m1/s1. The summed E-state index contributed by atoms with van der Waals surface area (Å²) in [7, 11) is -2.39. The molecule has 14 heteroatoms. The minimum absolute atomic E-state index is 0.00716. The van der Waals surface area contributed by atoms with Crippen molar-refractivity contribution in [3.63, 3.8) is 0 Å². The second kappa shape index (κ2) is 10.7. The summed E-state index contributed by atoms with van der Waals surface area (Å²) in [5.74, 6) is -2.16. The number of ether oxygens (including phenoxy) is 4. The zero-order valence-corrected chi connectivity index (χ0v) is 19.5. The predicted octanol–water partition coefficient (Wildman–Crippen LogP) is 0.326. The molecule has 1 aliphatic rings. The molecule has 0 aliphatic carbocycles. The molecule has 0 amide bonds. The van der Waals surface area contributed by atoms with Gasteiger partial charge in [-0.15, -0.1) is 0 Å². The number of rotatable bonds is 7. The second-order valence-corrected chi connectivity index (χ2v) is 8.89. The van der Waals surface area contributed by atoms with Crippen molar-refractivity contribution in [1.82, 2.24) is 9.55 Å². The Morgan fingerprint density at radius 1 is 1.00 bits per heavy atom. The van der Waals surface area contributed by atoms with Crippen molar-refractivity contribution >= 4 is 28.7 Å². The van der Waals surface area contributed by atoms with Crippen LogP contribution in [0.3, 0.4) is 0 Å². The number of aromatic nitrogens is 2. The van der Waals surface area contributed by atoms with Crippen LogP contribution in [0.15, 0.2) is 51.0 Å². The van der Waals surface area contributed by atoms with Crippen molar-refractivity contribution in [2.24, 2.45) is 0 Å². The van der Waals surface area contributed by atoms with E-state index in [1.165, 1.54) is 31.2 Å². The summed E-state index contributed by atoms with van der Waals surface area (Å²) >= 11 is 0. The first-order valence-electron chi connectivity index (χ1n) is 10.1. The molecule has 1 fully saturated rings. The smallest absolute Gasteiger partial charge is 0.330 e. The number of hydrogen-bond donors (Lipinski definition) is 1. The van der Waals surface area contributed by atoms with Gasteiger partial charge in [0, 0.05) is 37.9 Å². The molecule has 188 valence electrons. The van der Waals surface area contributed by atoms with E-state index >= 15 is 4.39 Å². The highest BCUT2D eigenvalue weighted by Gasteiger charge is 2.55. The molecule has 0 saturated carbocycles. The molecule has 6 atom stereocenters. The first-order chi connectivity index (χ1) is 16.5. The van der Waals surface area contributed by atoms with Crippen molar-refractivity contribution in [2.45, 2.75) is 55.7 Å². The van der Waals surface area contributed by atoms with Crippen LogP contribution in [0, 0.1) is 0 Å². The van der Waals surface area contributed by atoms with Gasteiger partial charge in [-0.25, -0.2) is 9.18 Å². The van der Waals surface area contributed by atoms with Gasteiger partial charge in [0.15, 0.2) is 18.4 Å². The number of aromatic amines is 1. The molecule has 1 saturated heterocycles. The van der Waals surface area contributed by atoms with Gasteiger partial charge >= 0.3 is 23.6 Å². The van der Waals surface area contributed by atoms with Crippen LogP contribution in [0.2, 0.25) is 0 Å². The lowest BCUT2D eigenvalue weighted by Gasteiger charge is -2.24. The molecule has 1 aromatic heterocycles. The highest BCUT2D eigenvalue weighted by Crippen LogP contribution is 2.37. The third kappa shape index (κ3) is 6.08. The van der Waals surface area contributed by atoms with Crippen molar-refractivity contribution in [3.8, 4) is 5.75 Å². The van der Waals surface area contributed by atoms with Crippen LogP contribution in [0.1, 0.15) is 27.0 Å². The van der Waals surface area contributed by atoms with Crippen molar-refractivity contribution < 1.29 is 41.9 Å². The number of carbonyl (C=O) groups is 3. The second-order valence-electron chi connectivity index (χ2n) is 7.37. The zero-order chi connectivity index (χ0) is 25.9. The van der Waals surface area contributed by atoms with E-state index in [0.717, 1.165) is 30.7 Å². The molecule has 0 spiro atoms. The highest BCUT2D eigenvalue weighted by molar-refractivity contribution is 7.85. The maximum absolute atomic E-state index is 15.6. The van der Waals surface area contributed by atoms with Gasteiger partial charge in [-0.2, -0.15) is 0 Å². The van der Waals surface area contributed by atoms with Gasteiger partial charge in [-0.1, -0.05) is 0 Å². The van der Waals surface area contributed by atoms with Gasteiger partial charge < -0.3 is 18.9 Å². The Balaban J connectivity index is 1.97. The van der Waals surface area contributed by atoms with Crippen LogP contribution in [-0.2, 0) is 39.4 Å². The Morgan fingerprint density at radius 3 is 2.14 bits per heavy atom. The normalized spacial score (nSPS) is 23.2. The molecule has 2 unspecified atom stereocenters. The third-order valence-electron chi connectivity index (χ3n) is 4.74. The number of nitrogens with one attached hydrogen (secondary N) is 1. The molecule has 2 aromatic rings. The van der Waals surface area contributed by atoms with Crippen LogP contribution < -0.4 is 16.0 Å². The monoisotopic (exact) mass is 512 g/mol. The van der Waals surface area contributed by atoms with Gasteiger partial charge in [0.25, 0.3) is 5.56 Å². The molecule has 12 nitrogen and oxygen atoms in total. The van der Waals surface area contributed by atoms with E-state index in [1.54, 1.807) is 0 Å². The lowest BCUT2D eigenvalue weighted by Crippen LogP contribution is -2.44. The van der Waals surface area contributed by atoms with Crippen molar-refractivity contribution in [1.29, 1.82) is 0 Å². The van der Waals surface area contributed by atoms with E-state index in [9.17, 15) is 28.2 Å². The number of hydrogen-bond acceptors (Lipinski definition) is 10. The fourth-order valence-corrected chi connectivity index (χ4v) is 4.56. The quantitative estimate of drug-likeness (QED) is 0.404. The molecule has 1 aliphatic heterocycles. The first kappa shape index (κ1) is 26.0. The predicted molar refractivity (Wildman–Crippen MR) is 115 cm³/mol. The Labute approximate surface area is 199 Å². The van der Waals surface area contributed by atoms with E-state index < -0.39 is 70.0 Å². The van der Waals surface area contributed by atoms with E-state index in [-0.39, 0.29) is 10.6 Å². The highest BCUT2D eigenvalue weighted by atomic mass is 32.2. The Bertz CT molecular complexity index is 1260. The largest absolute Gasteiger partial charge is 0.455 e. The summed E-state index contributed by atoms with van der Waals surface area (Å²) in [5.41, 5.74) is -4.00. The number of benzene rings is 1. The number of H-pyrrole nitrogens is 1. The lowest BCUT2D eigenvalue weighted by molar-refractivity contribution is -0.165. The average Bonchev–Trinajstić information content (AvgIpc) is 3.09. The topological polar surface area (TPSA) is 160 Å². The van der Waals surface area contributed by atoms with E-state index in [1.807, 2.05) is 4.98 Å². The molecule has 1 N–H and O–H groups in total.